The van der Waals surface area contributed by atoms with E-state index < -0.39 is 0 Å². The van der Waals surface area contributed by atoms with Crippen molar-refractivity contribution in [2.45, 2.75) is 67.0 Å². The summed E-state index contributed by atoms with van der Waals surface area (Å²) in [4.78, 5) is 31.9. The van der Waals surface area contributed by atoms with Crippen molar-refractivity contribution in [3.63, 3.8) is 0 Å². The van der Waals surface area contributed by atoms with Crippen LogP contribution in [0.5, 0.6) is 0 Å². The van der Waals surface area contributed by atoms with Crippen LogP contribution in [0, 0.1) is 18.3 Å². The fourth-order valence-corrected chi connectivity index (χ4v) is 4.38. The second-order valence-corrected chi connectivity index (χ2v) is 9.62. The third kappa shape index (κ3) is 4.60. The summed E-state index contributed by atoms with van der Waals surface area (Å²) in [5.74, 6) is 0.681. The molecule has 2 aromatic rings. The molecule has 1 amide bonds. The summed E-state index contributed by atoms with van der Waals surface area (Å²) in [6, 6.07) is 3.84. The van der Waals surface area contributed by atoms with Crippen molar-refractivity contribution >= 4 is 11.7 Å². The molecule has 156 valence electrons. The normalized spacial score (nSPS) is 15.5. The Balaban J connectivity index is 1.92. The Kier molecular flexibility index (Phi) is 5.97. The number of pyridine rings is 1. The van der Waals surface area contributed by atoms with Gasteiger partial charge in [-0.05, 0) is 41.9 Å². The van der Waals surface area contributed by atoms with E-state index in [1.165, 1.54) is 0 Å². The van der Waals surface area contributed by atoms with Crippen LogP contribution in [0.25, 0.3) is 0 Å². The highest BCUT2D eigenvalue weighted by molar-refractivity contribution is 6.01. The van der Waals surface area contributed by atoms with E-state index in [4.69, 9.17) is 0 Å². The maximum absolute atomic E-state index is 13.1. The van der Waals surface area contributed by atoms with E-state index in [9.17, 15) is 9.59 Å². The number of amides is 1. The van der Waals surface area contributed by atoms with Gasteiger partial charge in [0, 0.05) is 55.9 Å². The average molecular weight is 396 g/mol. The maximum atomic E-state index is 13.1. The first-order valence-electron chi connectivity index (χ1n) is 10.5. The van der Waals surface area contributed by atoms with Crippen molar-refractivity contribution < 1.29 is 9.59 Å². The van der Waals surface area contributed by atoms with Gasteiger partial charge in [-0.15, -0.1) is 0 Å². The summed E-state index contributed by atoms with van der Waals surface area (Å²) in [5.41, 5.74) is 4.88. The van der Waals surface area contributed by atoms with E-state index in [-0.39, 0.29) is 23.5 Å². The van der Waals surface area contributed by atoms with Crippen LogP contribution in [0.4, 0.5) is 0 Å². The number of fused-ring (bicyclic) bond motifs is 1. The van der Waals surface area contributed by atoms with E-state index in [1.54, 1.807) is 17.3 Å². The van der Waals surface area contributed by atoms with Gasteiger partial charge in [0.15, 0.2) is 5.78 Å². The molecule has 5 nitrogen and oxygen atoms in total. The zero-order chi connectivity index (χ0) is 21.3. The predicted molar refractivity (Wildman–Crippen MR) is 115 cm³/mol. The Morgan fingerprint density at radius 2 is 2.03 bits per heavy atom. The van der Waals surface area contributed by atoms with Gasteiger partial charge in [0.25, 0.3) is 0 Å². The van der Waals surface area contributed by atoms with Crippen LogP contribution < -0.4 is 0 Å². The fourth-order valence-electron chi connectivity index (χ4n) is 4.38. The van der Waals surface area contributed by atoms with Gasteiger partial charge < -0.3 is 9.47 Å². The van der Waals surface area contributed by atoms with Gasteiger partial charge in [-0.1, -0.05) is 33.8 Å². The van der Waals surface area contributed by atoms with Gasteiger partial charge in [-0.2, -0.15) is 0 Å². The van der Waals surface area contributed by atoms with Crippen molar-refractivity contribution in [2.24, 2.45) is 11.3 Å². The number of ketones is 1. The minimum absolute atomic E-state index is 0.0269. The van der Waals surface area contributed by atoms with E-state index >= 15 is 0 Å². The molecular formula is C24H33N3O2. The fraction of sp³-hybridized carbons (Fsp3) is 0.542. The highest BCUT2D eigenvalue weighted by Gasteiger charge is 2.37. The van der Waals surface area contributed by atoms with Crippen LogP contribution in [-0.4, -0.2) is 33.2 Å². The zero-order valence-corrected chi connectivity index (χ0v) is 18.6. The first kappa shape index (κ1) is 21.3. The third-order valence-corrected chi connectivity index (χ3v) is 5.77. The molecule has 0 unspecified atom stereocenters. The van der Waals surface area contributed by atoms with E-state index in [0.29, 0.717) is 18.9 Å². The van der Waals surface area contributed by atoms with Gasteiger partial charge in [-0.25, -0.2) is 0 Å². The minimum Gasteiger partial charge on any atom is -0.348 e. The highest BCUT2D eigenvalue weighted by atomic mass is 16.2. The zero-order valence-electron chi connectivity index (χ0n) is 18.6. The first-order valence-corrected chi connectivity index (χ1v) is 10.5. The minimum atomic E-state index is -0.0397. The van der Waals surface area contributed by atoms with Crippen molar-refractivity contribution in [1.82, 2.24) is 14.5 Å². The molecule has 0 saturated heterocycles. The summed E-state index contributed by atoms with van der Waals surface area (Å²) in [6.07, 6.45) is 5.19. The van der Waals surface area contributed by atoms with Crippen molar-refractivity contribution in [3.8, 4) is 0 Å². The summed E-state index contributed by atoms with van der Waals surface area (Å²) in [6.45, 7) is 12.1. The summed E-state index contributed by atoms with van der Waals surface area (Å²) in [5, 5.41) is 0. The molecule has 5 heteroatoms. The molecule has 3 rings (SSSR count). The van der Waals surface area contributed by atoms with E-state index in [2.05, 4.69) is 44.2 Å². The van der Waals surface area contributed by atoms with Gasteiger partial charge in [0.05, 0.1) is 6.42 Å². The average Bonchev–Trinajstić information content (AvgIpc) is 2.86. The lowest BCUT2D eigenvalue weighted by molar-refractivity contribution is -0.129. The Morgan fingerprint density at radius 3 is 2.66 bits per heavy atom. The van der Waals surface area contributed by atoms with Crippen LogP contribution in [-0.2, 0) is 30.7 Å². The number of hydrogen-bond donors (Lipinski definition) is 0. The van der Waals surface area contributed by atoms with E-state index in [1.807, 2.05) is 19.2 Å². The highest BCUT2D eigenvalue weighted by Crippen LogP contribution is 2.39. The molecule has 0 fully saturated rings. The summed E-state index contributed by atoms with van der Waals surface area (Å²) < 4.78 is 2.29. The molecular weight excluding hydrogens is 362 g/mol. The number of nitrogens with zero attached hydrogens (tertiary/aromatic N) is 3. The molecule has 0 saturated carbocycles. The van der Waals surface area contributed by atoms with Gasteiger partial charge >= 0.3 is 0 Å². The van der Waals surface area contributed by atoms with Crippen LogP contribution in [0.15, 0.2) is 24.5 Å². The maximum Gasteiger partial charge on any atom is 0.227 e. The lowest BCUT2D eigenvalue weighted by Gasteiger charge is -2.30. The Morgan fingerprint density at radius 1 is 1.31 bits per heavy atom. The third-order valence-electron chi connectivity index (χ3n) is 5.77. The molecule has 2 aromatic heterocycles. The number of carbonyl (C=O) groups excluding carboxylic acids is 2. The SMILES string of the molecule is Cc1c(CC(=O)N(C)Cc2cccnc2)c2c(n1CC(C)C)CC(C)(C)CC2=O. The molecule has 1 aliphatic carbocycles. The number of rotatable bonds is 6. The summed E-state index contributed by atoms with van der Waals surface area (Å²) >= 11 is 0. The van der Waals surface area contributed by atoms with Gasteiger partial charge in [-0.3, -0.25) is 14.6 Å². The predicted octanol–water partition coefficient (Wildman–Crippen LogP) is 4.20. The molecule has 0 aromatic carbocycles. The molecule has 2 heterocycles. The molecule has 0 atom stereocenters. The van der Waals surface area contributed by atoms with Gasteiger partial charge in [0.2, 0.25) is 5.91 Å². The molecule has 29 heavy (non-hydrogen) atoms. The quantitative estimate of drug-likeness (QED) is 0.736. The Hall–Kier alpha value is -2.43. The van der Waals surface area contributed by atoms with E-state index in [0.717, 1.165) is 41.0 Å². The second kappa shape index (κ2) is 8.13. The second-order valence-electron chi connectivity index (χ2n) is 9.62. The topological polar surface area (TPSA) is 55.2 Å². The molecule has 0 aliphatic heterocycles. The molecule has 0 N–H and O–H groups in total. The number of aromatic nitrogens is 2. The molecule has 0 radical (unpaired) electrons. The van der Waals surface area contributed by atoms with Crippen molar-refractivity contribution in [1.29, 1.82) is 0 Å². The first-order chi connectivity index (χ1) is 13.6. The van der Waals surface area contributed by atoms with Crippen LogP contribution in [0.2, 0.25) is 0 Å². The standard InChI is InChI=1S/C24H33N3O2/c1-16(2)14-27-17(3)19(23-20(27)11-24(4,5)12-21(23)28)10-22(29)26(6)15-18-8-7-9-25-13-18/h7-9,13,16H,10-12,14-15H2,1-6H3. The van der Waals surface area contributed by atoms with Crippen molar-refractivity contribution in [2.75, 3.05) is 7.05 Å². The van der Waals surface area contributed by atoms with Crippen LogP contribution in [0.3, 0.4) is 0 Å². The number of likely N-dealkylation sites (N-methyl/N-ethyl adjacent to an activating group) is 1. The van der Waals surface area contributed by atoms with Gasteiger partial charge in [0.1, 0.15) is 0 Å². The largest absolute Gasteiger partial charge is 0.348 e. The lowest BCUT2D eigenvalue weighted by Crippen LogP contribution is -2.30. The number of carbonyl (C=O) groups is 2. The Bertz CT molecular complexity index is 910. The van der Waals surface area contributed by atoms with Crippen molar-refractivity contribution in [3.05, 3.63) is 52.6 Å². The molecule has 0 bridgehead atoms. The van der Waals surface area contributed by atoms with Crippen LogP contribution in [0.1, 0.15) is 67.0 Å². The Labute approximate surface area is 174 Å². The summed E-state index contributed by atoms with van der Waals surface area (Å²) in [7, 11) is 1.81. The number of hydrogen-bond acceptors (Lipinski definition) is 3. The molecule has 1 aliphatic rings. The lowest BCUT2D eigenvalue weighted by atomic mass is 9.75. The van der Waals surface area contributed by atoms with Crippen LogP contribution >= 0.6 is 0 Å². The number of Topliss-reactive ketones (excluding diaryl/α,β-unsaturated/α-hetero) is 1. The monoisotopic (exact) mass is 395 g/mol. The molecule has 0 spiro atoms. The smallest absolute Gasteiger partial charge is 0.227 e.